The average Bonchev–Trinajstić information content (AvgIpc) is 3.36. The summed E-state index contributed by atoms with van der Waals surface area (Å²) in [5, 5.41) is 0. The summed E-state index contributed by atoms with van der Waals surface area (Å²) in [4.78, 5) is 16.8. The summed E-state index contributed by atoms with van der Waals surface area (Å²) in [5.41, 5.74) is 1.14. The topological polar surface area (TPSA) is 44.7 Å². The first-order valence-corrected chi connectivity index (χ1v) is 10.2. The van der Waals surface area contributed by atoms with Gasteiger partial charge in [-0.1, -0.05) is 0 Å². The predicted molar refractivity (Wildman–Crippen MR) is 103 cm³/mol. The van der Waals surface area contributed by atoms with E-state index in [9.17, 15) is 0 Å². The van der Waals surface area contributed by atoms with Gasteiger partial charge in [-0.15, -0.1) is 0 Å². The normalized spacial score (nSPS) is 35.8. The highest BCUT2D eigenvalue weighted by atomic mass is 16.5. The predicted octanol–water partition coefficient (Wildman–Crippen LogP) is 1.93. The van der Waals surface area contributed by atoms with Crippen LogP contribution < -0.4 is 9.80 Å². The van der Waals surface area contributed by atoms with Gasteiger partial charge in [0.05, 0.1) is 11.7 Å². The van der Waals surface area contributed by atoms with Crippen molar-refractivity contribution in [1.82, 2.24) is 14.9 Å². The molecule has 6 heteroatoms. The lowest BCUT2D eigenvalue weighted by atomic mass is 9.73. The molecule has 4 aliphatic rings. The lowest BCUT2D eigenvalue weighted by molar-refractivity contribution is 0.0136. The molecule has 26 heavy (non-hydrogen) atoms. The number of fused-ring (bicyclic) bond motifs is 1. The van der Waals surface area contributed by atoms with E-state index in [1.54, 1.807) is 0 Å². The number of anilines is 2. The van der Waals surface area contributed by atoms with Crippen molar-refractivity contribution in [3.05, 3.63) is 11.8 Å². The Hall–Kier alpha value is -1.40. The summed E-state index contributed by atoms with van der Waals surface area (Å²) in [7, 11) is 4.36. The number of nitrogens with zero attached hydrogens (tertiary/aromatic N) is 5. The van der Waals surface area contributed by atoms with Gasteiger partial charge in [0.2, 0.25) is 5.95 Å². The summed E-state index contributed by atoms with van der Waals surface area (Å²) in [5.74, 6) is 3.31. The van der Waals surface area contributed by atoms with E-state index in [1.807, 2.05) is 0 Å². The Kier molecular flexibility index (Phi) is 3.90. The highest BCUT2D eigenvalue weighted by Gasteiger charge is 2.63. The maximum absolute atomic E-state index is 6.59. The SMILES string of the molecule is Cc1cc(N2C[C@@H]3[C@H](CN(C)C)[C@H]4CC[C@]3(C2)O4)nc(N2CCCC2)n1. The molecule has 4 atom stereocenters. The van der Waals surface area contributed by atoms with Gasteiger partial charge in [-0.25, -0.2) is 4.98 Å². The molecule has 2 bridgehead atoms. The summed E-state index contributed by atoms with van der Waals surface area (Å²) in [6, 6.07) is 2.16. The second kappa shape index (κ2) is 6.06. The lowest BCUT2D eigenvalue weighted by Crippen LogP contribution is -2.40. The number of hydrogen-bond acceptors (Lipinski definition) is 6. The van der Waals surface area contributed by atoms with E-state index in [-0.39, 0.29) is 5.60 Å². The fraction of sp³-hybridized carbons (Fsp3) is 0.800. The number of aromatic nitrogens is 2. The van der Waals surface area contributed by atoms with E-state index in [4.69, 9.17) is 14.7 Å². The zero-order valence-electron chi connectivity index (χ0n) is 16.3. The zero-order chi connectivity index (χ0) is 17.9. The fourth-order valence-electron chi connectivity index (χ4n) is 5.79. The van der Waals surface area contributed by atoms with Gasteiger partial charge < -0.3 is 19.4 Å². The summed E-state index contributed by atoms with van der Waals surface area (Å²) < 4.78 is 6.59. The minimum atomic E-state index is 0.0675. The largest absolute Gasteiger partial charge is 0.369 e. The van der Waals surface area contributed by atoms with Crippen molar-refractivity contribution in [2.75, 3.05) is 56.6 Å². The van der Waals surface area contributed by atoms with Gasteiger partial charge in [-0.05, 0) is 46.7 Å². The van der Waals surface area contributed by atoms with Crippen LogP contribution in [0.1, 0.15) is 31.4 Å². The highest BCUT2D eigenvalue weighted by Crippen LogP contribution is 2.55. The van der Waals surface area contributed by atoms with E-state index in [0.717, 1.165) is 50.2 Å². The fourth-order valence-corrected chi connectivity index (χ4v) is 5.79. The van der Waals surface area contributed by atoms with Crippen LogP contribution in [0.3, 0.4) is 0 Å². The highest BCUT2D eigenvalue weighted by molar-refractivity contribution is 5.48. The van der Waals surface area contributed by atoms with Crippen LogP contribution >= 0.6 is 0 Å². The molecule has 0 aromatic carbocycles. The van der Waals surface area contributed by atoms with E-state index in [0.29, 0.717) is 17.9 Å². The lowest BCUT2D eigenvalue weighted by Gasteiger charge is -2.30. The van der Waals surface area contributed by atoms with Crippen molar-refractivity contribution in [2.24, 2.45) is 11.8 Å². The average molecular weight is 358 g/mol. The van der Waals surface area contributed by atoms with Crippen molar-refractivity contribution >= 4 is 11.8 Å². The summed E-state index contributed by atoms with van der Waals surface area (Å²) in [6.45, 7) is 7.47. The molecule has 0 unspecified atom stereocenters. The van der Waals surface area contributed by atoms with Crippen LogP contribution in [0.5, 0.6) is 0 Å². The molecule has 142 valence electrons. The Morgan fingerprint density at radius 2 is 2.04 bits per heavy atom. The van der Waals surface area contributed by atoms with Gasteiger partial charge >= 0.3 is 0 Å². The van der Waals surface area contributed by atoms with Gasteiger partial charge in [0.1, 0.15) is 5.82 Å². The van der Waals surface area contributed by atoms with Gasteiger partial charge in [-0.3, -0.25) is 0 Å². The first kappa shape index (κ1) is 16.8. The molecular formula is C20H31N5O. The second-order valence-electron chi connectivity index (χ2n) is 9.03. The van der Waals surface area contributed by atoms with E-state index >= 15 is 0 Å². The van der Waals surface area contributed by atoms with E-state index < -0.39 is 0 Å². The van der Waals surface area contributed by atoms with Crippen molar-refractivity contribution < 1.29 is 4.74 Å². The molecule has 1 aromatic heterocycles. The molecule has 0 saturated carbocycles. The van der Waals surface area contributed by atoms with Crippen LogP contribution in [0, 0.1) is 18.8 Å². The third-order valence-electron chi connectivity index (χ3n) is 6.90. The maximum atomic E-state index is 6.59. The van der Waals surface area contributed by atoms with Gasteiger partial charge in [0, 0.05) is 56.3 Å². The molecule has 5 heterocycles. The molecule has 6 nitrogen and oxygen atoms in total. The Labute approximate surface area is 156 Å². The molecule has 1 spiro atoms. The zero-order valence-corrected chi connectivity index (χ0v) is 16.3. The molecule has 5 rings (SSSR count). The van der Waals surface area contributed by atoms with Crippen LogP contribution in [0.2, 0.25) is 0 Å². The molecule has 1 aromatic rings. The molecule has 0 aliphatic carbocycles. The van der Waals surface area contributed by atoms with E-state index in [2.05, 4.69) is 41.8 Å². The molecule has 0 radical (unpaired) electrons. The van der Waals surface area contributed by atoms with Crippen molar-refractivity contribution in [1.29, 1.82) is 0 Å². The van der Waals surface area contributed by atoms with Crippen LogP contribution in [-0.4, -0.2) is 73.4 Å². The van der Waals surface area contributed by atoms with Crippen molar-refractivity contribution in [2.45, 2.75) is 44.3 Å². The quantitative estimate of drug-likeness (QED) is 0.820. The van der Waals surface area contributed by atoms with Crippen molar-refractivity contribution in [3.8, 4) is 0 Å². The number of rotatable bonds is 4. The maximum Gasteiger partial charge on any atom is 0.227 e. The van der Waals surface area contributed by atoms with Gasteiger partial charge in [0.25, 0.3) is 0 Å². The van der Waals surface area contributed by atoms with Gasteiger partial charge in [-0.2, -0.15) is 4.98 Å². The Morgan fingerprint density at radius 1 is 1.23 bits per heavy atom. The van der Waals surface area contributed by atoms with Crippen LogP contribution in [0.25, 0.3) is 0 Å². The van der Waals surface area contributed by atoms with Crippen molar-refractivity contribution in [3.63, 3.8) is 0 Å². The smallest absolute Gasteiger partial charge is 0.227 e. The molecule has 0 N–H and O–H groups in total. The summed E-state index contributed by atoms with van der Waals surface area (Å²) >= 11 is 0. The molecule has 4 aliphatic heterocycles. The first-order chi connectivity index (χ1) is 12.5. The van der Waals surface area contributed by atoms with Crippen LogP contribution in [-0.2, 0) is 4.74 Å². The number of aryl methyl sites for hydroxylation is 1. The standard InChI is InChI=1S/C20H31N5O/c1-14-10-18(22-19(21-14)24-8-4-5-9-24)25-12-16-15(11-23(2)3)17-6-7-20(16,13-25)26-17/h10,15-17H,4-9,11-13H2,1-3H3/t15-,16+,17+,20+/m0/s1. The minimum absolute atomic E-state index is 0.0675. The number of ether oxygens (including phenoxy) is 1. The third-order valence-corrected chi connectivity index (χ3v) is 6.90. The van der Waals surface area contributed by atoms with Gasteiger partial charge in [0.15, 0.2) is 0 Å². The molecule has 4 saturated heterocycles. The third kappa shape index (κ3) is 2.61. The first-order valence-electron chi connectivity index (χ1n) is 10.2. The Morgan fingerprint density at radius 3 is 2.81 bits per heavy atom. The number of hydrogen-bond donors (Lipinski definition) is 0. The monoisotopic (exact) mass is 357 g/mol. The van der Waals surface area contributed by atoms with Crippen LogP contribution in [0.4, 0.5) is 11.8 Å². The molecule has 4 fully saturated rings. The Balaban J connectivity index is 1.41. The molecular weight excluding hydrogens is 326 g/mol. The summed E-state index contributed by atoms with van der Waals surface area (Å²) in [6.07, 6.45) is 5.42. The van der Waals surface area contributed by atoms with Crippen LogP contribution in [0.15, 0.2) is 6.07 Å². The Bertz CT molecular complexity index is 689. The molecule has 0 amide bonds. The second-order valence-corrected chi connectivity index (χ2v) is 9.03. The minimum Gasteiger partial charge on any atom is -0.369 e. The van der Waals surface area contributed by atoms with E-state index in [1.165, 1.54) is 25.7 Å².